The summed E-state index contributed by atoms with van der Waals surface area (Å²) < 4.78 is 4.89. The molecule has 0 unspecified atom stereocenters. The predicted octanol–water partition coefficient (Wildman–Crippen LogP) is 2.39. The lowest BCUT2D eigenvalue weighted by atomic mass is 10.3. The van der Waals surface area contributed by atoms with E-state index in [1.165, 1.54) is 30.3 Å². The van der Waals surface area contributed by atoms with Crippen molar-refractivity contribution in [1.29, 1.82) is 0 Å². The summed E-state index contributed by atoms with van der Waals surface area (Å²) in [5.74, 6) is 0.116. The summed E-state index contributed by atoms with van der Waals surface area (Å²) in [6.45, 7) is 1.61. The fourth-order valence-corrected chi connectivity index (χ4v) is 0.816. The van der Waals surface area contributed by atoms with E-state index in [0.29, 0.717) is 5.75 Å². The summed E-state index contributed by atoms with van der Waals surface area (Å²) >= 11 is 0. The number of aliphatic hydroxyl groups is 1. The van der Waals surface area contributed by atoms with Crippen molar-refractivity contribution in [2.24, 2.45) is 0 Å². The molecule has 0 saturated carbocycles. The summed E-state index contributed by atoms with van der Waals surface area (Å²) in [5, 5.41) is 19.3. The molecule has 5 heteroatoms. The normalized spacial score (nSPS) is 11.1. The Morgan fingerprint density at radius 2 is 2.07 bits per heavy atom. The number of aliphatic hydroxyl groups excluding tert-OH is 1. The van der Waals surface area contributed by atoms with Crippen molar-refractivity contribution < 1.29 is 14.8 Å². The third-order valence-electron chi connectivity index (χ3n) is 1.52. The molecule has 0 radical (unpaired) electrons. The van der Waals surface area contributed by atoms with Gasteiger partial charge in [0.25, 0.3) is 11.6 Å². The quantitative estimate of drug-likeness (QED) is 0.456. The minimum absolute atomic E-state index is 0.0164. The third kappa shape index (κ3) is 2.48. The second-order valence-electron chi connectivity index (χ2n) is 2.48. The Morgan fingerprint density at radius 1 is 1.50 bits per heavy atom. The number of nitro groups is 1. The van der Waals surface area contributed by atoms with Gasteiger partial charge in [0.05, 0.1) is 4.92 Å². The first-order valence-electron chi connectivity index (χ1n) is 3.91. The summed E-state index contributed by atoms with van der Waals surface area (Å²) in [6, 6.07) is 5.44. The summed E-state index contributed by atoms with van der Waals surface area (Å²) in [7, 11) is 0. The molecule has 0 heterocycles. The van der Waals surface area contributed by atoms with E-state index in [0.717, 1.165) is 0 Å². The van der Waals surface area contributed by atoms with E-state index < -0.39 is 4.92 Å². The van der Waals surface area contributed by atoms with Crippen molar-refractivity contribution in [3.05, 3.63) is 46.4 Å². The molecule has 1 aromatic rings. The Balaban J connectivity index is 2.79. The molecule has 0 aliphatic heterocycles. The Bertz CT molecular complexity index is 356. The van der Waals surface area contributed by atoms with E-state index in [2.05, 4.69) is 0 Å². The number of allylic oxidation sites excluding steroid dienone is 1. The van der Waals surface area contributed by atoms with Gasteiger partial charge in [0.15, 0.2) is 0 Å². The van der Waals surface area contributed by atoms with Gasteiger partial charge in [0, 0.05) is 12.1 Å². The van der Waals surface area contributed by atoms with Gasteiger partial charge in [-0.3, -0.25) is 10.1 Å². The Hall–Kier alpha value is -2.04. The number of nitrogens with zero attached hydrogens (tertiary/aromatic N) is 1. The van der Waals surface area contributed by atoms with Crippen LogP contribution in [0.5, 0.6) is 5.75 Å². The van der Waals surface area contributed by atoms with Crippen LogP contribution >= 0.6 is 0 Å². The van der Waals surface area contributed by atoms with Crippen LogP contribution in [-0.2, 0) is 0 Å². The molecule has 0 spiro atoms. The van der Waals surface area contributed by atoms with Crippen molar-refractivity contribution >= 4 is 5.69 Å². The van der Waals surface area contributed by atoms with Gasteiger partial charge in [-0.2, -0.15) is 0 Å². The molecule has 0 saturated heterocycles. The van der Waals surface area contributed by atoms with E-state index >= 15 is 0 Å². The number of ether oxygens (including phenoxy) is 1. The van der Waals surface area contributed by atoms with Crippen LogP contribution in [0.2, 0.25) is 0 Å². The molecule has 1 N–H and O–H groups in total. The van der Waals surface area contributed by atoms with Crippen LogP contribution in [0.4, 0.5) is 5.69 Å². The van der Waals surface area contributed by atoms with Crippen molar-refractivity contribution in [3.63, 3.8) is 0 Å². The van der Waals surface area contributed by atoms with Gasteiger partial charge in [0.2, 0.25) is 0 Å². The van der Waals surface area contributed by atoms with Gasteiger partial charge in [-0.05, 0) is 25.1 Å². The number of hydrogen-bond donors (Lipinski definition) is 1. The van der Waals surface area contributed by atoms with Gasteiger partial charge >= 0.3 is 0 Å². The smallest absolute Gasteiger partial charge is 0.277 e. The van der Waals surface area contributed by atoms with Gasteiger partial charge < -0.3 is 9.84 Å². The molecule has 74 valence electrons. The molecule has 0 fully saturated rings. The average Bonchev–Trinajstić information content (AvgIpc) is 2.18. The minimum Gasteiger partial charge on any atom is -0.481 e. The van der Waals surface area contributed by atoms with E-state index in [-0.39, 0.29) is 11.6 Å². The fourth-order valence-electron chi connectivity index (χ4n) is 0.816. The zero-order valence-corrected chi connectivity index (χ0v) is 7.51. The molecular weight excluding hydrogens is 186 g/mol. The number of benzene rings is 1. The van der Waals surface area contributed by atoms with Crippen LogP contribution in [0, 0.1) is 10.1 Å². The second-order valence-corrected chi connectivity index (χ2v) is 2.48. The zero-order chi connectivity index (χ0) is 10.6. The highest BCUT2D eigenvalue weighted by molar-refractivity contribution is 5.36. The van der Waals surface area contributed by atoms with Crippen molar-refractivity contribution in [2.45, 2.75) is 6.92 Å². The molecule has 1 aromatic carbocycles. The summed E-state index contributed by atoms with van der Waals surface area (Å²) in [4.78, 5) is 9.79. The van der Waals surface area contributed by atoms with Gasteiger partial charge in [0.1, 0.15) is 5.75 Å². The number of nitro benzene ring substituents is 1. The maximum absolute atomic E-state index is 10.3. The Morgan fingerprint density at radius 3 is 2.50 bits per heavy atom. The molecule has 14 heavy (non-hydrogen) atoms. The minimum atomic E-state index is -0.501. The molecule has 0 aliphatic carbocycles. The van der Waals surface area contributed by atoms with Crippen molar-refractivity contribution in [3.8, 4) is 5.75 Å². The monoisotopic (exact) mass is 195 g/mol. The SMILES string of the molecule is C/C=C(\O)Oc1ccc([N+](=O)[O-])cc1. The lowest BCUT2D eigenvalue weighted by Crippen LogP contribution is -1.93. The standard InChI is InChI=1S/C9H9NO4/c1-2-9(11)14-8-5-3-7(4-6-8)10(12)13/h2-6,11H,1H3/b9-2+. The molecule has 0 aliphatic rings. The van der Waals surface area contributed by atoms with Crippen LogP contribution in [0.25, 0.3) is 0 Å². The van der Waals surface area contributed by atoms with Crippen LogP contribution in [-0.4, -0.2) is 10.0 Å². The zero-order valence-electron chi connectivity index (χ0n) is 7.51. The topological polar surface area (TPSA) is 72.6 Å². The number of non-ortho nitro benzene ring substituents is 1. The van der Waals surface area contributed by atoms with Crippen molar-refractivity contribution in [1.82, 2.24) is 0 Å². The maximum atomic E-state index is 10.3. The largest absolute Gasteiger partial charge is 0.481 e. The molecule has 0 aromatic heterocycles. The highest BCUT2D eigenvalue weighted by atomic mass is 16.6. The van der Waals surface area contributed by atoms with E-state index in [1.54, 1.807) is 6.92 Å². The highest BCUT2D eigenvalue weighted by Gasteiger charge is 2.04. The van der Waals surface area contributed by atoms with Gasteiger partial charge in [-0.15, -0.1) is 0 Å². The first kappa shape index (κ1) is 10.0. The molecule has 0 amide bonds. The second kappa shape index (κ2) is 4.27. The van der Waals surface area contributed by atoms with E-state index in [4.69, 9.17) is 9.84 Å². The predicted molar refractivity (Wildman–Crippen MR) is 50.1 cm³/mol. The highest BCUT2D eigenvalue weighted by Crippen LogP contribution is 2.18. The van der Waals surface area contributed by atoms with Gasteiger partial charge in [-0.1, -0.05) is 0 Å². The first-order valence-corrected chi connectivity index (χ1v) is 3.91. The Kier molecular flexibility index (Phi) is 3.06. The van der Waals surface area contributed by atoms with Crippen LogP contribution in [0.3, 0.4) is 0 Å². The maximum Gasteiger partial charge on any atom is 0.277 e. The third-order valence-corrected chi connectivity index (χ3v) is 1.52. The summed E-state index contributed by atoms with van der Waals surface area (Å²) in [5.41, 5.74) is -0.0164. The molecular formula is C9H9NO4. The summed E-state index contributed by atoms with van der Waals surface area (Å²) in [6.07, 6.45) is 1.38. The Labute approximate surface area is 80.4 Å². The van der Waals surface area contributed by atoms with Crippen LogP contribution in [0.1, 0.15) is 6.92 Å². The average molecular weight is 195 g/mol. The van der Waals surface area contributed by atoms with E-state index in [1.807, 2.05) is 0 Å². The molecule has 1 rings (SSSR count). The van der Waals surface area contributed by atoms with E-state index in [9.17, 15) is 10.1 Å². The fraction of sp³-hybridized carbons (Fsp3) is 0.111. The number of hydrogen-bond acceptors (Lipinski definition) is 4. The molecule has 5 nitrogen and oxygen atoms in total. The lowest BCUT2D eigenvalue weighted by molar-refractivity contribution is -0.384. The molecule has 0 bridgehead atoms. The lowest BCUT2D eigenvalue weighted by Gasteiger charge is -2.02. The molecule has 0 atom stereocenters. The van der Waals surface area contributed by atoms with Gasteiger partial charge in [-0.25, -0.2) is 0 Å². The van der Waals surface area contributed by atoms with Crippen LogP contribution < -0.4 is 4.74 Å². The van der Waals surface area contributed by atoms with Crippen molar-refractivity contribution in [2.75, 3.05) is 0 Å². The first-order chi connectivity index (χ1) is 6.63. The number of rotatable bonds is 3. The van der Waals surface area contributed by atoms with Crippen LogP contribution in [0.15, 0.2) is 36.3 Å².